The van der Waals surface area contributed by atoms with Gasteiger partial charge in [0.2, 0.25) is 0 Å². The summed E-state index contributed by atoms with van der Waals surface area (Å²) in [4.78, 5) is 2.65. The summed E-state index contributed by atoms with van der Waals surface area (Å²) < 4.78 is 2.68. The molecule has 0 spiro atoms. The molecule has 0 fully saturated rings. The Hall–Kier alpha value is -6.12. The van der Waals surface area contributed by atoms with Crippen molar-refractivity contribution in [3.8, 4) is 0 Å². The van der Waals surface area contributed by atoms with Crippen molar-refractivity contribution in [1.82, 2.24) is 4.57 Å². The lowest BCUT2D eigenvalue weighted by Crippen LogP contribution is -2.34. The third kappa shape index (κ3) is 5.17. The minimum atomic E-state index is 0.260. The van der Waals surface area contributed by atoms with Crippen molar-refractivity contribution in [2.24, 2.45) is 17.8 Å². The van der Waals surface area contributed by atoms with Crippen LogP contribution in [0.25, 0.3) is 46.4 Å². The third-order valence-electron chi connectivity index (χ3n) is 14.1. The van der Waals surface area contributed by atoms with Gasteiger partial charge in [0.05, 0.1) is 6.04 Å². The van der Waals surface area contributed by atoms with E-state index in [9.17, 15) is 0 Å². The molecule has 6 aromatic rings. The fourth-order valence-electron chi connectivity index (χ4n) is 11.6. The van der Waals surface area contributed by atoms with Crippen LogP contribution in [0, 0.1) is 17.8 Å². The van der Waals surface area contributed by atoms with Gasteiger partial charge in [0.25, 0.3) is 0 Å². The second-order valence-corrected chi connectivity index (χ2v) is 17.6. The molecule has 12 rings (SSSR count). The molecule has 2 nitrogen and oxygen atoms in total. The highest BCUT2D eigenvalue weighted by Crippen LogP contribution is 2.53. The van der Waals surface area contributed by atoms with Crippen molar-refractivity contribution < 1.29 is 0 Å². The first-order chi connectivity index (χ1) is 28.6. The van der Waals surface area contributed by atoms with Crippen molar-refractivity contribution in [2.45, 2.75) is 57.9 Å². The van der Waals surface area contributed by atoms with Crippen molar-refractivity contribution in [2.75, 3.05) is 4.90 Å². The van der Waals surface area contributed by atoms with Crippen LogP contribution < -0.4 is 25.8 Å². The molecule has 0 amide bonds. The summed E-state index contributed by atoms with van der Waals surface area (Å²) in [5.74, 6) is 1.86. The van der Waals surface area contributed by atoms with E-state index in [-0.39, 0.29) is 6.04 Å². The molecule has 0 saturated carbocycles. The van der Waals surface area contributed by atoms with Crippen LogP contribution in [0.1, 0.15) is 79.4 Å². The van der Waals surface area contributed by atoms with E-state index in [0.29, 0.717) is 23.7 Å². The summed E-state index contributed by atoms with van der Waals surface area (Å²) in [5, 5.41) is 6.81. The summed E-state index contributed by atoms with van der Waals surface area (Å²) in [6.45, 7) is 4.84. The molecule has 0 bridgehead atoms. The third-order valence-corrected chi connectivity index (χ3v) is 14.1. The van der Waals surface area contributed by atoms with Gasteiger partial charge in [0.1, 0.15) is 0 Å². The summed E-state index contributed by atoms with van der Waals surface area (Å²) in [6.07, 6.45) is 24.6. The first-order valence-electron chi connectivity index (χ1n) is 21.6. The molecule has 6 aliphatic carbocycles. The standard InChI is InChI=1S/C56H48N2/c1-35-28-41-31-40-18-8-9-20-45(40)56-50-34-42(24-26-46(50)49(29-35)55(41)56)57(51-22-12-10-19-44(51)37-14-4-3-5-15-37)43-25-27-53-48(33-43)47-21-11-13-23-52(47)58(53)54-32-39-17-7-6-16-38(39)30-36(54)2/h3-14,16-24,26,30-37,41,54H,15,25,27-29H2,1-2H3. The number of hydrogen-bond donors (Lipinski definition) is 0. The second-order valence-electron chi connectivity index (χ2n) is 17.6. The quantitative estimate of drug-likeness (QED) is 0.170. The molecule has 0 aliphatic heterocycles. The highest BCUT2D eigenvalue weighted by molar-refractivity contribution is 6.03. The van der Waals surface area contributed by atoms with Crippen LogP contribution in [0.5, 0.6) is 0 Å². The summed E-state index contributed by atoms with van der Waals surface area (Å²) in [5.41, 5.74) is 17.0. The molecular weight excluding hydrogens is 701 g/mol. The molecular formula is C56H48N2. The van der Waals surface area contributed by atoms with E-state index in [2.05, 4.69) is 187 Å². The van der Waals surface area contributed by atoms with Crippen LogP contribution in [-0.4, -0.2) is 4.57 Å². The Morgan fingerprint density at radius 3 is 2.36 bits per heavy atom. The van der Waals surface area contributed by atoms with Gasteiger partial charge in [-0.1, -0.05) is 147 Å². The van der Waals surface area contributed by atoms with Gasteiger partial charge in [-0.15, -0.1) is 0 Å². The highest BCUT2D eigenvalue weighted by atomic mass is 15.2. The molecule has 0 saturated heterocycles. The van der Waals surface area contributed by atoms with Crippen molar-refractivity contribution in [3.05, 3.63) is 200 Å². The average Bonchev–Trinajstić information content (AvgIpc) is 3.77. The van der Waals surface area contributed by atoms with E-state index >= 15 is 0 Å². The van der Waals surface area contributed by atoms with Gasteiger partial charge in [-0.3, -0.25) is 0 Å². The number of anilines is 2. The van der Waals surface area contributed by atoms with Gasteiger partial charge >= 0.3 is 0 Å². The summed E-state index contributed by atoms with van der Waals surface area (Å²) >= 11 is 0. The lowest BCUT2D eigenvalue weighted by molar-refractivity contribution is 0.485. The largest absolute Gasteiger partial charge is 0.336 e. The first kappa shape index (κ1) is 34.0. The molecule has 6 aliphatic rings. The van der Waals surface area contributed by atoms with Gasteiger partial charge in [0, 0.05) is 51.1 Å². The smallest absolute Gasteiger partial charge is 0.0588 e. The van der Waals surface area contributed by atoms with Crippen molar-refractivity contribution in [3.63, 3.8) is 0 Å². The predicted octanol–water partition coefficient (Wildman–Crippen LogP) is 10.6. The Labute approximate surface area is 341 Å². The van der Waals surface area contributed by atoms with Crippen molar-refractivity contribution in [1.29, 1.82) is 0 Å². The normalized spacial score (nSPS) is 23.4. The summed E-state index contributed by atoms with van der Waals surface area (Å²) in [7, 11) is 0. The maximum absolute atomic E-state index is 2.68. The molecule has 1 heterocycles. The zero-order valence-corrected chi connectivity index (χ0v) is 33.4. The SMILES string of the molecule is CC1CC2=C3C(=c4ccccc4=CC3C1)c1cc(N(C3=Cc4c(n(C5C=c6ccccc6=CC5C)c5ccccc45)CC3)c3ccccc3C3C=CC=CC3)ccc12. The lowest BCUT2D eigenvalue weighted by atomic mass is 9.74. The molecule has 2 heteroatoms. The number of allylic oxidation sites excluding steroid dienone is 7. The van der Waals surface area contributed by atoms with E-state index in [0.717, 1.165) is 25.7 Å². The van der Waals surface area contributed by atoms with Crippen LogP contribution in [0.15, 0.2) is 151 Å². The number of benzene rings is 5. The zero-order chi connectivity index (χ0) is 38.5. The van der Waals surface area contributed by atoms with Gasteiger partial charge in [0.15, 0.2) is 0 Å². The molecule has 282 valence electrons. The van der Waals surface area contributed by atoms with Crippen LogP contribution in [-0.2, 0) is 6.42 Å². The van der Waals surface area contributed by atoms with Crippen LogP contribution in [0.3, 0.4) is 0 Å². The Kier molecular flexibility index (Phi) is 7.74. The van der Waals surface area contributed by atoms with Crippen molar-refractivity contribution >= 4 is 57.7 Å². The van der Waals surface area contributed by atoms with E-state index in [4.69, 9.17) is 0 Å². The number of aromatic nitrogens is 1. The molecule has 0 radical (unpaired) electrons. The predicted molar refractivity (Wildman–Crippen MR) is 243 cm³/mol. The minimum absolute atomic E-state index is 0.260. The first-order valence-corrected chi connectivity index (χ1v) is 21.6. The van der Waals surface area contributed by atoms with Crippen LogP contribution >= 0.6 is 0 Å². The fraction of sp³-hybridized carbons (Fsp3) is 0.214. The number of para-hydroxylation sites is 2. The molecule has 58 heavy (non-hydrogen) atoms. The number of fused-ring (bicyclic) bond motifs is 8. The maximum atomic E-state index is 2.68. The molecule has 5 atom stereocenters. The van der Waals surface area contributed by atoms with Gasteiger partial charge in [-0.2, -0.15) is 0 Å². The Balaban J connectivity index is 1.07. The topological polar surface area (TPSA) is 8.17 Å². The summed E-state index contributed by atoms with van der Waals surface area (Å²) in [6, 6.07) is 44.1. The molecule has 5 unspecified atom stereocenters. The van der Waals surface area contributed by atoms with E-state index in [1.54, 1.807) is 11.1 Å². The van der Waals surface area contributed by atoms with Crippen LogP contribution in [0.4, 0.5) is 11.4 Å². The van der Waals surface area contributed by atoms with E-state index in [1.165, 1.54) is 88.8 Å². The van der Waals surface area contributed by atoms with E-state index < -0.39 is 0 Å². The zero-order valence-electron chi connectivity index (χ0n) is 33.4. The fourth-order valence-corrected chi connectivity index (χ4v) is 11.6. The number of nitrogens with zero attached hydrogens (tertiary/aromatic N) is 2. The van der Waals surface area contributed by atoms with Crippen LogP contribution in [0.2, 0.25) is 0 Å². The minimum Gasteiger partial charge on any atom is -0.336 e. The van der Waals surface area contributed by atoms with Gasteiger partial charge < -0.3 is 9.47 Å². The molecule has 5 aromatic carbocycles. The highest BCUT2D eigenvalue weighted by Gasteiger charge is 2.38. The Morgan fingerprint density at radius 1 is 0.690 bits per heavy atom. The average molecular weight is 749 g/mol. The molecule has 1 aromatic heterocycles. The molecule has 0 N–H and O–H groups in total. The Morgan fingerprint density at radius 2 is 1.48 bits per heavy atom. The monoisotopic (exact) mass is 748 g/mol. The lowest BCUT2D eigenvalue weighted by Gasteiger charge is -2.34. The number of hydrogen-bond acceptors (Lipinski definition) is 1. The maximum Gasteiger partial charge on any atom is 0.0588 e. The second kappa shape index (κ2) is 13.2. The van der Waals surface area contributed by atoms with Gasteiger partial charge in [-0.05, 0) is 129 Å². The van der Waals surface area contributed by atoms with Gasteiger partial charge in [-0.25, -0.2) is 0 Å². The number of rotatable bonds is 5. The Bertz CT molecular complexity index is 3110. The van der Waals surface area contributed by atoms with E-state index in [1.807, 2.05) is 0 Å².